The average Bonchev–Trinajstić information content (AvgIpc) is 2.82. The minimum absolute atomic E-state index is 0.0442. The summed E-state index contributed by atoms with van der Waals surface area (Å²) in [6.07, 6.45) is 3.73. The number of amides is 1. The molecule has 0 unspecified atom stereocenters. The third-order valence-electron chi connectivity index (χ3n) is 2.83. The minimum Gasteiger partial charge on any atom is -0.267 e. The van der Waals surface area contributed by atoms with Crippen molar-refractivity contribution in [2.75, 3.05) is 0 Å². The minimum atomic E-state index is -0.506. The van der Waals surface area contributed by atoms with Gasteiger partial charge in [0, 0.05) is 17.7 Å². The number of carbonyl (C=O) groups is 1. The molecule has 0 fully saturated rings. The quantitative estimate of drug-likeness (QED) is 0.668. The van der Waals surface area contributed by atoms with Crippen molar-refractivity contribution >= 4 is 17.3 Å². The van der Waals surface area contributed by atoms with Crippen LogP contribution in [0.1, 0.15) is 30.1 Å². The van der Waals surface area contributed by atoms with Crippen molar-refractivity contribution in [2.24, 2.45) is 5.10 Å². The molecule has 98 valence electrons. The van der Waals surface area contributed by atoms with Crippen molar-refractivity contribution in [3.63, 3.8) is 0 Å². The smallest absolute Gasteiger partial charge is 0.267 e. The van der Waals surface area contributed by atoms with Gasteiger partial charge >= 0.3 is 0 Å². The van der Waals surface area contributed by atoms with E-state index in [0.717, 1.165) is 18.6 Å². The Morgan fingerprint density at radius 1 is 1.32 bits per heavy atom. The van der Waals surface area contributed by atoms with Crippen LogP contribution in [0.25, 0.3) is 0 Å². The Morgan fingerprint density at radius 3 is 2.53 bits per heavy atom. The molecule has 2 rings (SSSR count). The Labute approximate surface area is 110 Å². The molecule has 0 saturated carbocycles. The maximum Gasteiger partial charge on any atom is 0.271 e. The molecule has 1 N–H and O–H groups in total. The number of hydrazone groups is 1. The lowest BCUT2D eigenvalue weighted by molar-refractivity contribution is -0.384. The van der Waals surface area contributed by atoms with Crippen LogP contribution in [0.3, 0.4) is 0 Å². The summed E-state index contributed by atoms with van der Waals surface area (Å²) < 4.78 is 0. The van der Waals surface area contributed by atoms with Gasteiger partial charge in [0.05, 0.1) is 10.6 Å². The standard InChI is InChI=1S/C13H13N3O3/c1-9-2-5-11(8-9)14-15-13(17)10-3-6-12(7-4-10)16(18)19/h3-4,6-8H,2,5H2,1H3,(H,15,17). The van der Waals surface area contributed by atoms with Gasteiger partial charge in [0.1, 0.15) is 0 Å². The summed E-state index contributed by atoms with van der Waals surface area (Å²) in [6, 6.07) is 5.40. The van der Waals surface area contributed by atoms with E-state index in [4.69, 9.17) is 0 Å². The number of carbonyl (C=O) groups excluding carboxylic acids is 1. The molecule has 1 aromatic carbocycles. The Bertz CT molecular complexity index is 573. The van der Waals surface area contributed by atoms with Crippen molar-refractivity contribution in [3.8, 4) is 0 Å². The van der Waals surface area contributed by atoms with E-state index in [1.54, 1.807) is 0 Å². The zero-order valence-corrected chi connectivity index (χ0v) is 10.4. The molecule has 1 aliphatic rings. The molecule has 0 atom stereocenters. The second-order valence-corrected chi connectivity index (χ2v) is 4.34. The summed E-state index contributed by atoms with van der Waals surface area (Å²) in [5.74, 6) is -0.375. The van der Waals surface area contributed by atoms with E-state index in [-0.39, 0.29) is 11.6 Å². The van der Waals surface area contributed by atoms with E-state index in [2.05, 4.69) is 10.5 Å². The van der Waals surface area contributed by atoms with Crippen LogP contribution in [0.4, 0.5) is 5.69 Å². The first kappa shape index (κ1) is 12.9. The third kappa shape index (κ3) is 3.25. The predicted octanol–water partition coefficient (Wildman–Crippen LogP) is 2.42. The zero-order chi connectivity index (χ0) is 13.8. The van der Waals surface area contributed by atoms with Gasteiger partial charge in [0.2, 0.25) is 0 Å². The molecule has 0 aliphatic heterocycles. The first-order valence-electron chi connectivity index (χ1n) is 5.85. The molecule has 0 saturated heterocycles. The van der Waals surface area contributed by atoms with Crippen molar-refractivity contribution in [3.05, 3.63) is 51.6 Å². The largest absolute Gasteiger partial charge is 0.271 e. The van der Waals surface area contributed by atoms with Gasteiger partial charge in [-0.1, -0.05) is 5.57 Å². The molecule has 1 aromatic rings. The van der Waals surface area contributed by atoms with Crippen molar-refractivity contribution < 1.29 is 9.72 Å². The Hall–Kier alpha value is -2.50. The summed E-state index contributed by atoms with van der Waals surface area (Å²) in [5.41, 5.74) is 4.82. The molecule has 0 bridgehead atoms. The summed E-state index contributed by atoms with van der Waals surface area (Å²) in [6.45, 7) is 2.01. The maximum absolute atomic E-state index is 11.8. The van der Waals surface area contributed by atoms with Crippen LogP contribution in [-0.4, -0.2) is 16.5 Å². The fourth-order valence-electron chi connectivity index (χ4n) is 1.76. The number of rotatable bonds is 3. The number of non-ortho nitro benzene ring substituents is 1. The van der Waals surface area contributed by atoms with Crippen LogP contribution >= 0.6 is 0 Å². The van der Waals surface area contributed by atoms with E-state index in [1.807, 2.05) is 13.0 Å². The van der Waals surface area contributed by atoms with Gasteiger partial charge < -0.3 is 0 Å². The number of nitrogens with zero attached hydrogens (tertiary/aromatic N) is 2. The number of nitro groups is 1. The summed E-state index contributed by atoms with van der Waals surface area (Å²) in [4.78, 5) is 21.7. The summed E-state index contributed by atoms with van der Waals surface area (Å²) in [5, 5.41) is 14.5. The number of hydrogen-bond donors (Lipinski definition) is 1. The first-order chi connectivity index (χ1) is 9.06. The van der Waals surface area contributed by atoms with E-state index in [9.17, 15) is 14.9 Å². The van der Waals surface area contributed by atoms with E-state index in [0.29, 0.717) is 5.56 Å². The average molecular weight is 259 g/mol. The molecule has 0 radical (unpaired) electrons. The third-order valence-corrected chi connectivity index (χ3v) is 2.83. The zero-order valence-electron chi connectivity index (χ0n) is 10.4. The van der Waals surface area contributed by atoms with Crippen LogP contribution in [0.2, 0.25) is 0 Å². The van der Waals surface area contributed by atoms with Crippen molar-refractivity contribution in [1.82, 2.24) is 5.43 Å². The van der Waals surface area contributed by atoms with Gasteiger partial charge in [-0.15, -0.1) is 0 Å². The number of nitrogens with one attached hydrogen (secondary N) is 1. The fraction of sp³-hybridized carbons (Fsp3) is 0.231. The van der Waals surface area contributed by atoms with Gasteiger partial charge in [0.25, 0.3) is 11.6 Å². The molecule has 0 heterocycles. The van der Waals surface area contributed by atoms with Crippen molar-refractivity contribution in [2.45, 2.75) is 19.8 Å². The van der Waals surface area contributed by atoms with Gasteiger partial charge in [-0.2, -0.15) is 5.10 Å². The molecular formula is C13H13N3O3. The molecule has 1 aliphatic carbocycles. The van der Waals surface area contributed by atoms with E-state index in [1.165, 1.54) is 29.8 Å². The maximum atomic E-state index is 11.8. The van der Waals surface area contributed by atoms with Crippen LogP contribution in [0, 0.1) is 10.1 Å². The van der Waals surface area contributed by atoms with Gasteiger partial charge in [0.15, 0.2) is 0 Å². The highest BCUT2D eigenvalue weighted by Crippen LogP contribution is 2.15. The molecule has 0 spiro atoms. The van der Waals surface area contributed by atoms with Crippen LogP contribution in [-0.2, 0) is 0 Å². The van der Waals surface area contributed by atoms with Crippen LogP contribution in [0.15, 0.2) is 41.0 Å². The SMILES string of the molecule is CC1=CC(=NNC(=O)c2ccc([N+](=O)[O-])cc2)CC1. The summed E-state index contributed by atoms with van der Waals surface area (Å²) >= 11 is 0. The fourth-order valence-corrected chi connectivity index (χ4v) is 1.76. The summed E-state index contributed by atoms with van der Waals surface area (Å²) in [7, 11) is 0. The normalized spacial score (nSPS) is 16.3. The molecule has 6 nitrogen and oxygen atoms in total. The lowest BCUT2D eigenvalue weighted by Gasteiger charge is -2.00. The number of hydrogen-bond acceptors (Lipinski definition) is 4. The van der Waals surface area contributed by atoms with Gasteiger partial charge in [-0.3, -0.25) is 14.9 Å². The van der Waals surface area contributed by atoms with Crippen molar-refractivity contribution in [1.29, 1.82) is 0 Å². The number of benzene rings is 1. The van der Waals surface area contributed by atoms with E-state index < -0.39 is 4.92 Å². The second kappa shape index (κ2) is 5.43. The highest BCUT2D eigenvalue weighted by atomic mass is 16.6. The number of allylic oxidation sites excluding steroid dienone is 2. The number of nitro benzene ring substituents is 1. The Balaban J connectivity index is 2.02. The highest BCUT2D eigenvalue weighted by molar-refractivity contribution is 6.00. The highest BCUT2D eigenvalue weighted by Gasteiger charge is 2.10. The lowest BCUT2D eigenvalue weighted by atomic mass is 10.2. The molecule has 19 heavy (non-hydrogen) atoms. The van der Waals surface area contributed by atoms with Gasteiger partial charge in [-0.25, -0.2) is 5.43 Å². The Morgan fingerprint density at radius 2 is 2.00 bits per heavy atom. The Kier molecular flexibility index (Phi) is 3.70. The predicted molar refractivity (Wildman–Crippen MR) is 71.0 cm³/mol. The molecular weight excluding hydrogens is 246 g/mol. The van der Waals surface area contributed by atoms with Crippen LogP contribution in [0.5, 0.6) is 0 Å². The monoisotopic (exact) mass is 259 g/mol. The van der Waals surface area contributed by atoms with Crippen LogP contribution < -0.4 is 5.43 Å². The molecule has 6 heteroatoms. The molecule has 0 aromatic heterocycles. The first-order valence-corrected chi connectivity index (χ1v) is 5.85. The molecule has 1 amide bonds. The topological polar surface area (TPSA) is 84.6 Å². The van der Waals surface area contributed by atoms with Gasteiger partial charge in [-0.05, 0) is 38.0 Å². The second-order valence-electron chi connectivity index (χ2n) is 4.34. The van der Waals surface area contributed by atoms with E-state index >= 15 is 0 Å². The lowest BCUT2D eigenvalue weighted by Crippen LogP contribution is -2.18.